The molecule has 1 aromatic rings. The number of nitrogens with zero attached hydrogens (tertiary/aromatic N) is 2. The minimum atomic E-state index is -2.84. The molecule has 1 fully saturated rings. The standard InChI is InChI=1S/C12H13F2N3O4/c1-3-12(14)8(19)7(5(2)18)21-10(12)17-4-6(13)9(15)16-11(17)20/h1,4-5,7-8,10,18-19H,2H3,(H2,15,16,20)/t5-,7+,8-,10+,12?/m0/s1. The molecule has 7 nitrogen and oxygen atoms in total. The normalized spacial score (nSPS) is 33.6. The first-order chi connectivity index (χ1) is 9.72. The average Bonchev–Trinajstić information content (AvgIpc) is 2.68. The van der Waals surface area contributed by atoms with Crippen molar-refractivity contribution in [1.29, 1.82) is 0 Å². The Balaban J connectivity index is 2.56. The summed E-state index contributed by atoms with van der Waals surface area (Å²) in [5, 5.41) is 19.3. The van der Waals surface area contributed by atoms with Crippen LogP contribution in [-0.2, 0) is 4.74 Å². The van der Waals surface area contributed by atoms with Crippen molar-refractivity contribution in [3.8, 4) is 12.3 Å². The molecule has 0 spiro atoms. The number of terminal acetylenes is 1. The number of ether oxygens (including phenoxy) is 1. The third kappa shape index (κ3) is 2.27. The van der Waals surface area contributed by atoms with E-state index in [2.05, 4.69) is 4.98 Å². The van der Waals surface area contributed by atoms with Gasteiger partial charge in [-0.15, -0.1) is 6.42 Å². The number of nitrogen functional groups attached to an aromatic ring is 1. The molecule has 5 atom stereocenters. The molecule has 21 heavy (non-hydrogen) atoms. The number of hydrogen-bond acceptors (Lipinski definition) is 6. The molecule has 1 saturated heterocycles. The van der Waals surface area contributed by atoms with Crippen molar-refractivity contribution in [2.75, 3.05) is 5.73 Å². The Labute approximate surface area is 118 Å². The molecule has 114 valence electrons. The highest BCUT2D eigenvalue weighted by Gasteiger charge is 2.59. The van der Waals surface area contributed by atoms with E-state index in [1.807, 2.05) is 0 Å². The van der Waals surface area contributed by atoms with Gasteiger partial charge in [0.2, 0.25) is 5.67 Å². The number of aliphatic hydroxyl groups excluding tert-OH is 2. The summed E-state index contributed by atoms with van der Waals surface area (Å²) in [4.78, 5) is 14.9. The molecule has 1 aromatic heterocycles. The lowest BCUT2D eigenvalue weighted by Gasteiger charge is -2.23. The molecule has 1 aliphatic rings. The molecule has 2 heterocycles. The Kier molecular flexibility index (Phi) is 3.71. The van der Waals surface area contributed by atoms with Crippen LogP contribution in [0, 0.1) is 18.2 Å². The Morgan fingerprint density at radius 1 is 1.71 bits per heavy atom. The summed E-state index contributed by atoms with van der Waals surface area (Å²) < 4.78 is 33.7. The van der Waals surface area contributed by atoms with Crippen LogP contribution in [-0.4, -0.2) is 43.7 Å². The van der Waals surface area contributed by atoms with E-state index in [0.29, 0.717) is 10.8 Å². The number of aliphatic hydroxyl groups is 2. The number of halogens is 2. The van der Waals surface area contributed by atoms with Crippen LogP contribution in [0.25, 0.3) is 0 Å². The Hall–Kier alpha value is -2.02. The van der Waals surface area contributed by atoms with Gasteiger partial charge in [-0.2, -0.15) is 4.98 Å². The van der Waals surface area contributed by atoms with Crippen LogP contribution < -0.4 is 11.4 Å². The molecule has 0 saturated carbocycles. The molecule has 1 unspecified atom stereocenters. The van der Waals surface area contributed by atoms with E-state index in [0.717, 1.165) is 0 Å². The second kappa shape index (κ2) is 5.07. The first-order valence-corrected chi connectivity index (χ1v) is 5.94. The molecule has 0 aromatic carbocycles. The lowest BCUT2D eigenvalue weighted by molar-refractivity contribution is -0.0805. The Morgan fingerprint density at radius 3 is 2.86 bits per heavy atom. The van der Waals surface area contributed by atoms with Gasteiger partial charge in [-0.05, 0) is 6.92 Å². The predicted octanol–water partition coefficient (Wildman–Crippen LogP) is -1.05. The maximum atomic E-state index is 14.7. The van der Waals surface area contributed by atoms with Crippen molar-refractivity contribution < 1.29 is 23.7 Å². The molecule has 0 bridgehead atoms. The summed E-state index contributed by atoms with van der Waals surface area (Å²) in [7, 11) is 0. The van der Waals surface area contributed by atoms with Gasteiger partial charge in [-0.3, -0.25) is 4.57 Å². The van der Waals surface area contributed by atoms with Crippen molar-refractivity contribution in [2.24, 2.45) is 0 Å². The number of rotatable bonds is 2. The minimum Gasteiger partial charge on any atom is -0.391 e. The monoisotopic (exact) mass is 301 g/mol. The molecule has 1 aliphatic heterocycles. The highest BCUT2D eigenvalue weighted by Crippen LogP contribution is 2.41. The molecule has 4 N–H and O–H groups in total. The van der Waals surface area contributed by atoms with Crippen molar-refractivity contribution >= 4 is 5.82 Å². The second-order valence-electron chi connectivity index (χ2n) is 4.71. The Morgan fingerprint density at radius 2 is 2.33 bits per heavy atom. The van der Waals surface area contributed by atoms with Gasteiger partial charge in [0.1, 0.15) is 12.2 Å². The van der Waals surface area contributed by atoms with Crippen LogP contribution in [0.2, 0.25) is 0 Å². The minimum absolute atomic E-state index is 0.456. The van der Waals surface area contributed by atoms with Crippen molar-refractivity contribution in [3.05, 3.63) is 22.5 Å². The molecule has 0 amide bonds. The van der Waals surface area contributed by atoms with E-state index in [-0.39, 0.29) is 0 Å². The fraction of sp³-hybridized carbons (Fsp3) is 0.500. The third-order valence-electron chi connectivity index (χ3n) is 3.27. The van der Waals surface area contributed by atoms with Crippen molar-refractivity contribution in [3.63, 3.8) is 0 Å². The molecule has 2 rings (SSSR count). The van der Waals surface area contributed by atoms with Gasteiger partial charge in [0.05, 0.1) is 12.3 Å². The number of anilines is 1. The van der Waals surface area contributed by atoms with E-state index >= 15 is 0 Å². The zero-order valence-corrected chi connectivity index (χ0v) is 10.9. The average molecular weight is 301 g/mol. The predicted molar refractivity (Wildman–Crippen MR) is 67.1 cm³/mol. The quantitative estimate of drug-likeness (QED) is 0.601. The van der Waals surface area contributed by atoms with E-state index in [1.165, 1.54) is 6.92 Å². The zero-order chi connectivity index (χ0) is 15.9. The van der Waals surface area contributed by atoms with Gasteiger partial charge in [-0.25, -0.2) is 13.6 Å². The first kappa shape index (κ1) is 15.4. The summed E-state index contributed by atoms with van der Waals surface area (Å²) in [6.07, 6.45) is -0.749. The molecular formula is C12H13F2N3O4. The van der Waals surface area contributed by atoms with E-state index in [9.17, 15) is 23.8 Å². The van der Waals surface area contributed by atoms with Crippen LogP contribution in [0.4, 0.5) is 14.6 Å². The van der Waals surface area contributed by atoms with Gasteiger partial charge in [-0.1, -0.05) is 5.92 Å². The van der Waals surface area contributed by atoms with Crippen LogP contribution in [0.5, 0.6) is 0 Å². The van der Waals surface area contributed by atoms with Crippen LogP contribution in [0.15, 0.2) is 11.0 Å². The number of aromatic nitrogens is 2. The zero-order valence-electron chi connectivity index (χ0n) is 10.9. The number of hydrogen-bond donors (Lipinski definition) is 3. The maximum Gasteiger partial charge on any atom is 0.351 e. The molecule has 0 radical (unpaired) electrons. The fourth-order valence-corrected chi connectivity index (χ4v) is 2.14. The van der Waals surface area contributed by atoms with Crippen molar-refractivity contribution in [2.45, 2.75) is 37.1 Å². The molecular weight excluding hydrogens is 288 g/mol. The van der Waals surface area contributed by atoms with Gasteiger partial charge >= 0.3 is 5.69 Å². The van der Waals surface area contributed by atoms with E-state index in [1.54, 1.807) is 5.92 Å². The summed E-state index contributed by atoms with van der Waals surface area (Å²) >= 11 is 0. The fourth-order valence-electron chi connectivity index (χ4n) is 2.14. The van der Waals surface area contributed by atoms with Crippen molar-refractivity contribution in [1.82, 2.24) is 9.55 Å². The van der Waals surface area contributed by atoms with E-state index < -0.39 is 47.5 Å². The summed E-state index contributed by atoms with van der Waals surface area (Å²) in [6.45, 7) is 1.25. The largest absolute Gasteiger partial charge is 0.391 e. The van der Waals surface area contributed by atoms with Crippen LogP contribution >= 0.6 is 0 Å². The van der Waals surface area contributed by atoms with Crippen LogP contribution in [0.3, 0.4) is 0 Å². The van der Waals surface area contributed by atoms with E-state index in [4.69, 9.17) is 16.9 Å². The number of nitrogens with two attached hydrogens (primary N) is 1. The highest BCUT2D eigenvalue weighted by atomic mass is 19.1. The topological polar surface area (TPSA) is 111 Å². The summed E-state index contributed by atoms with van der Waals surface area (Å²) in [6, 6.07) is 0. The molecule has 0 aliphatic carbocycles. The summed E-state index contributed by atoms with van der Waals surface area (Å²) in [5.74, 6) is -0.0457. The van der Waals surface area contributed by atoms with Gasteiger partial charge in [0.25, 0.3) is 0 Å². The lowest BCUT2D eigenvalue weighted by Crippen LogP contribution is -2.45. The second-order valence-corrected chi connectivity index (χ2v) is 4.71. The third-order valence-corrected chi connectivity index (χ3v) is 3.27. The highest BCUT2D eigenvalue weighted by molar-refractivity contribution is 5.27. The molecule has 9 heteroatoms. The smallest absolute Gasteiger partial charge is 0.351 e. The van der Waals surface area contributed by atoms with Gasteiger partial charge in [0.15, 0.2) is 17.9 Å². The SMILES string of the molecule is C#CC1(F)[C@@H](O)[C@@H]([C@H](C)O)O[C@H]1n1cc(F)c(N)nc1=O. The maximum absolute atomic E-state index is 14.7. The first-order valence-electron chi connectivity index (χ1n) is 5.94. The lowest BCUT2D eigenvalue weighted by atomic mass is 9.95. The summed E-state index contributed by atoms with van der Waals surface area (Å²) in [5.41, 5.74) is 1.19. The van der Waals surface area contributed by atoms with Crippen LogP contribution in [0.1, 0.15) is 13.2 Å². The number of alkyl halides is 1. The Bertz CT molecular complexity index is 657. The van der Waals surface area contributed by atoms with Gasteiger partial charge < -0.3 is 20.7 Å². The van der Waals surface area contributed by atoms with Gasteiger partial charge in [0, 0.05) is 0 Å².